The van der Waals surface area contributed by atoms with Crippen LogP contribution in [0.5, 0.6) is 0 Å². The number of hydrogen-bond acceptors (Lipinski definition) is 2. The Morgan fingerprint density at radius 1 is 1.43 bits per heavy atom. The van der Waals surface area contributed by atoms with Gasteiger partial charge in [0, 0.05) is 26.1 Å². The minimum Gasteiger partial charge on any atom is -0.481 e. The highest BCUT2D eigenvalue weighted by atomic mass is 16.4. The molecule has 21 heavy (non-hydrogen) atoms. The number of urea groups is 1. The first kappa shape index (κ1) is 14.9. The fraction of sp³-hybridized carbons (Fsp3) is 0.375. The smallest absolute Gasteiger partial charge is 0.317 e. The Morgan fingerprint density at radius 3 is 2.90 bits per heavy atom. The molecule has 0 saturated heterocycles. The number of fused-ring (bicyclic) bond motifs is 1. The molecule has 0 fully saturated rings. The van der Waals surface area contributed by atoms with Gasteiger partial charge in [-0.15, -0.1) is 12.3 Å². The van der Waals surface area contributed by atoms with Crippen LogP contribution in [0.2, 0.25) is 0 Å². The number of rotatable bonds is 4. The van der Waals surface area contributed by atoms with Crippen LogP contribution >= 0.6 is 0 Å². The summed E-state index contributed by atoms with van der Waals surface area (Å²) in [6.45, 7) is 1.12. The van der Waals surface area contributed by atoms with Crippen LogP contribution in [0.4, 0.5) is 4.79 Å². The molecule has 1 atom stereocenters. The number of nitrogens with zero attached hydrogens (tertiary/aromatic N) is 1. The number of carboxylic acid groups (broad SMARTS) is 1. The zero-order valence-electron chi connectivity index (χ0n) is 11.7. The normalized spacial score (nSPS) is 16.7. The lowest BCUT2D eigenvalue weighted by Crippen LogP contribution is -2.45. The van der Waals surface area contributed by atoms with Gasteiger partial charge in [0.1, 0.15) is 0 Å². The Balaban J connectivity index is 2.05. The van der Waals surface area contributed by atoms with Gasteiger partial charge in [-0.25, -0.2) is 4.79 Å². The van der Waals surface area contributed by atoms with E-state index in [-0.39, 0.29) is 12.6 Å². The molecule has 1 heterocycles. The predicted molar refractivity (Wildman–Crippen MR) is 78.7 cm³/mol. The zero-order chi connectivity index (χ0) is 15.2. The summed E-state index contributed by atoms with van der Waals surface area (Å²) in [5, 5.41) is 12.1. The first-order chi connectivity index (χ1) is 10.1. The first-order valence-electron chi connectivity index (χ1n) is 6.90. The van der Waals surface area contributed by atoms with Crippen molar-refractivity contribution in [3.63, 3.8) is 0 Å². The average Bonchev–Trinajstić information content (AvgIpc) is 2.50. The number of aliphatic carboxylic acids is 1. The van der Waals surface area contributed by atoms with E-state index in [0.717, 1.165) is 17.5 Å². The lowest BCUT2D eigenvalue weighted by molar-refractivity contribution is -0.139. The fourth-order valence-electron chi connectivity index (χ4n) is 2.47. The molecule has 1 unspecified atom stereocenters. The topological polar surface area (TPSA) is 69.6 Å². The van der Waals surface area contributed by atoms with E-state index in [4.69, 9.17) is 6.42 Å². The van der Waals surface area contributed by atoms with Crippen molar-refractivity contribution in [3.8, 4) is 12.3 Å². The summed E-state index contributed by atoms with van der Waals surface area (Å²) in [6, 6.07) is 7.11. The van der Waals surface area contributed by atoms with Gasteiger partial charge in [0.05, 0.1) is 5.92 Å². The van der Waals surface area contributed by atoms with Crippen LogP contribution in [-0.4, -0.2) is 35.1 Å². The van der Waals surface area contributed by atoms with Gasteiger partial charge >= 0.3 is 12.0 Å². The molecule has 2 N–H and O–H groups in total. The third kappa shape index (κ3) is 3.54. The van der Waals surface area contributed by atoms with Crippen LogP contribution < -0.4 is 5.32 Å². The molecule has 1 aromatic rings. The second-order valence-corrected chi connectivity index (χ2v) is 5.01. The molecule has 0 bridgehead atoms. The van der Waals surface area contributed by atoms with E-state index < -0.39 is 11.9 Å². The van der Waals surface area contributed by atoms with Crippen LogP contribution in [0.3, 0.4) is 0 Å². The molecule has 0 spiro atoms. The zero-order valence-corrected chi connectivity index (χ0v) is 11.7. The van der Waals surface area contributed by atoms with Gasteiger partial charge in [-0.05, 0) is 17.5 Å². The second kappa shape index (κ2) is 6.80. The maximum Gasteiger partial charge on any atom is 0.317 e. The summed E-state index contributed by atoms with van der Waals surface area (Å²) in [6.07, 6.45) is 6.48. The third-order valence-corrected chi connectivity index (χ3v) is 3.55. The standard InChI is InChI=1S/C16H18N2O3/c1-2-3-6-9-17-16(21)18-10-12-7-4-5-8-13(12)14(11-18)15(19)20/h1,4-5,7-8,14H,3,6,9-11H2,(H,17,21)(H,19,20). The number of benzene rings is 1. The van der Waals surface area contributed by atoms with E-state index in [9.17, 15) is 14.7 Å². The van der Waals surface area contributed by atoms with E-state index in [1.54, 1.807) is 0 Å². The highest BCUT2D eigenvalue weighted by molar-refractivity contribution is 5.80. The molecule has 2 rings (SSSR count). The minimum atomic E-state index is -0.910. The summed E-state index contributed by atoms with van der Waals surface area (Å²) < 4.78 is 0. The van der Waals surface area contributed by atoms with Crippen molar-refractivity contribution in [2.24, 2.45) is 0 Å². The first-order valence-corrected chi connectivity index (χ1v) is 6.90. The summed E-state index contributed by atoms with van der Waals surface area (Å²) >= 11 is 0. The highest BCUT2D eigenvalue weighted by Gasteiger charge is 2.32. The summed E-state index contributed by atoms with van der Waals surface area (Å²) in [5.41, 5.74) is 1.68. The molecule has 0 radical (unpaired) electrons. The van der Waals surface area contributed by atoms with Crippen LogP contribution in [-0.2, 0) is 11.3 Å². The van der Waals surface area contributed by atoms with Gasteiger partial charge in [0.15, 0.2) is 0 Å². The SMILES string of the molecule is C#CCCCNC(=O)N1Cc2ccccc2C(C(=O)O)C1. The van der Waals surface area contributed by atoms with E-state index in [2.05, 4.69) is 11.2 Å². The number of carbonyl (C=O) groups excluding carboxylic acids is 1. The third-order valence-electron chi connectivity index (χ3n) is 3.55. The molecule has 1 aliphatic rings. The van der Waals surface area contributed by atoms with Crippen LogP contribution in [0.25, 0.3) is 0 Å². The molecule has 2 amide bonds. The van der Waals surface area contributed by atoms with Crippen molar-refractivity contribution in [1.29, 1.82) is 0 Å². The molecule has 0 aliphatic carbocycles. The number of carbonyl (C=O) groups is 2. The molecule has 5 nitrogen and oxygen atoms in total. The summed E-state index contributed by atoms with van der Waals surface area (Å²) in [5.74, 6) is 0.929. The summed E-state index contributed by atoms with van der Waals surface area (Å²) in [7, 11) is 0. The lowest BCUT2D eigenvalue weighted by atomic mass is 9.90. The Morgan fingerprint density at radius 2 is 2.19 bits per heavy atom. The second-order valence-electron chi connectivity index (χ2n) is 5.01. The molecule has 1 aliphatic heterocycles. The number of hydrogen-bond donors (Lipinski definition) is 2. The van der Waals surface area contributed by atoms with Gasteiger partial charge in [-0.1, -0.05) is 24.3 Å². The van der Waals surface area contributed by atoms with Gasteiger partial charge in [-0.3, -0.25) is 4.79 Å². The average molecular weight is 286 g/mol. The van der Waals surface area contributed by atoms with Crippen molar-refractivity contribution in [2.75, 3.05) is 13.1 Å². The number of amides is 2. The van der Waals surface area contributed by atoms with E-state index in [0.29, 0.717) is 19.5 Å². The number of carboxylic acids is 1. The molecule has 5 heteroatoms. The van der Waals surface area contributed by atoms with E-state index in [1.807, 2.05) is 24.3 Å². The monoisotopic (exact) mass is 286 g/mol. The van der Waals surface area contributed by atoms with Crippen LogP contribution in [0.1, 0.15) is 29.9 Å². The van der Waals surface area contributed by atoms with Crippen molar-refractivity contribution >= 4 is 12.0 Å². The highest BCUT2D eigenvalue weighted by Crippen LogP contribution is 2.28. The van der Waals surface area contributed by atoms with E-state index in [1.165, 1.54) is 4.90 Å². The summed E-state index contributed by atoms with van der Waals surface area (Å²) in [4.78, 5) is 25.1. The number of unbranched alkanes of at least 4 members (excludes halogenated alkanes) is 1. The molecule has 0 saturated carbocycles. The van der Waals surface area contributed by atoms with Gasteiger partial charge < -0.3 is 15.3 Å². The van der Waals surface area contributed by atoms with Gasteiger partial charge in [0.2, 0.25) is 0 Å². The van der Waals surface area contributed by atoms with Crippen LogP contribution in [0, 0.1) is 12.3 Å². The quantitative estimate of drug-likeness (QED) is 0.655. The van der Waals surface area contributed by atoms with Crippen LogP contribution in [0.15, 0.2) is 24.3 Å². The Labute approximate surface area is 124 Å². The number of terminal acetylenes is 1. The Hall–Kier alpha value is -2.48. The maximum absolute atomic E-state index is 12.1. The minimum absolute atomic E-state index is 0.188. The van der Waals surface area contributed by atoms with Crippen molar-refractivity contribution in [2.45, 2.75) is 25.3 Å². The molecular weight excluding hydrogens is 268 g/mol. The molecular formula is C16H18N2O3. The van der Waals surface area contributed by atoms with E-state index >= 15 is 0 Å². The predicted octanol–water partition coefficient (Wildman–Crippen LogP) is 1.79. The van der Waals surface area contributed by atoms with Gasteiger partial charge in [0.25, 0.3) is 0 Å². The van der Waals surface area contributed by atoms with Gasteiger partial charge in [-0.2, -0.15) is 0 Å². The van der Waals surface area contributed by atoms with Crippen molar-refractivity contribution < 1.29 is 14.7 Å². The van der Waals surface area contributed by atoms with Crippen molar-refractivity contribution in [1.82, 2.24) is 10.2 Å². The molecule has 0 aromatic heterocycles. The molecule has 1 aromatic carbocycles. The van der Waals surface area contributed by atoms with Crippen molar-refractivity contribution in [3.05, 3.63) is 35.4 Å². The maximum atomic E-state index is 12.1. The number of nitrogens with one attached hydrogen (secondary N) is 1. The lowest BCUT2D eigenvalue weighted by Gasteiger charge is -2.32. The largest absolute Gasteiger partial charge is 0.481 e. The Kier molecular flexibility index (Phi) is 4.83. The Bertz CT molecular complexity index is 577. The molecule has 110 valence electrons. The fourth-order valence-corrected chi connectivity index (χ4v) is 2.47.